The van der Waals surface area contributed by atoms with E-state index in [-0.39, 0.29) is 43.7 Å². The lowest BCUT2D eigenvalue weighted by Crippen LogP contribution is -2.50. The Kier molecular flexibility index (Phi) is 8.02. The topological polar surface area (TPSA) is 0 Å². The number of hydrogen-bond acceptors (Lipinski definition) is 0. The van der Waals surface area contributed by atoms with Crippen molar-refractivity contribution in [2.75, 3.05) is 0 Å². The molecule has 10 aromatic carbocycles. The van der Waals surface area contributed by atoms with Gasteiger partial charge in [-0.05, 0) is 110 Å². The summed E-state index contributed by atoms with van der Waals surface area (Å²) in [4.78, 5) is 0. The molecule has 16 radical (unpaired) electrons. The molecule has 0 unspecified atom stereocenters. The summed E-state index contributed by atoms with van der Waals surface area (Å²) in [6.45, 7) is 0. The van der Waals surface area contributed by atoms with Crippen molar-refractivity contribution in [3.63, 3.8) is 0 Å². The molecule has 0 saturated carbocycles. The first-order chi connectivity index (χ1) is 27.2. The standard InChI is InChI=1S/C48H22B8/c49-41-37-35(26-13-7-12-25(21-26)29-18-8-11-23-9-1-3-14-28(23)29)38-40(44(52)48(56)46(54)42(38)50)36(39(37)43(51)47(55)45(41)53)33-22-27-20-19-24-10-2-4-15-30(24)34(27)32-17-6-5-16-31(32)33/h1-22H. The van der Waals surface area contributed by atoms with Gasteiger partial charge in [-0.1, -0.05) is 143 Å². The molecular formula is C48H22B8. The van der Waals surface area contributed by atoms with Gasteiger partial charge >= 0.3 is 0 Å². The van der Waals surface area contributed by atoms with E-state index in [0.29, 0.717) is 32.7 Å². The maximum absolute atomic E-state index is 7.15. The molecule has 0 fully saturated rings. The lowest BCUT2D eigenvalue weighted by atomic mass is 9.59. The molecule has 0 nitrogen and oxygen atoms in total. The van der Waals surface area contributed by atoms with Gasteiger partial charge < -0.3 is 0 Å². The third kappa shape index (κ3) is 4.91. The second kappa shape index (κ2) is 12.9. The molecule has 0 heterocycles. The smallest absolute Gasteiger partial charge is 0.110 e. The second-order valence-electron chi connectivity index (χ2n) is 14.5. The Morgan fingerprint density at radius 2 is 0.696 bits per heavy atom. The number of rotatable bonds is 3. The molecule has 0 amide bonds. The van der Waals surface area contributed by atoms with Crippen LogP contribution in [0.2, 0.25) is 0 Å². The molecule has 238 valence electrons. The highest BCUT2D eigenvalue weighted by atomic mass is 14.3. The van der Waals surface area contributed by atoms with Crippen LogP contribution >= 0.6 is 0 Å². The molecule has 0 aliphatic rings. The predicted molar refractivity (Wildman–Crippen MR) is 251 cm³/mol. The molecular weight excluding hydrogens is 663 g/mol. The van der Waals surface area contributed by atoms with Crippen LogP contribution in [0.4, 0.5) is 0 Å². The van der Waals surface area contributed by atoms with E-state index in [1.165, 1.54) is 0 Å². The van der Waals surface area contributed by atoms with Gasteiger partial charge in [0, 0.05) is 0 Å². The average Bonchev–Trinajstić information content (AvgIpc) is 3.24. The average molecular weight is 685 g/mol. The van der Waals surface area contributed by atoms with Gasteiger partial charge in [-0.3, -0.25) is 0 Å². The summed E-state index contributed by atoms with van der Waals surface area (Å²) in [6.07, 6.45) is 0. The largest absolute Gasteiger partial charge is 0.113 e. The molecule has 56 heavy (non-hydrogen) atoms. The van der Waals surface area contributed by atoms with E-state index in [9.17, 15) is 0 Å². The van der Waals surface area contributed by atoms with Crippen molar-refractivity contribution in [1.29, 1.82) is 0 Å². The van der Waals surface area contributed by atoms with Gasteiger partial charge in [-0.25, -0.2) is 0 Å². The highest BCUT2D eigenvalue weighted by Gasteiger charge is 2.26. The van der Waals surface area contributed by atoms with E-state index >= 15 is 0 Å². The molecule has 10 rings (SSSR count). The monoisotopic (exact) mass is 686 g/mol. The van der Waals surface area contributed by atoms with Crippen LogP contribution < -0.4 is 43.7 Å². The fourth-order valence-corrected chi connectivity index (χ4v) is 8.91. The quantitative estimate of drug-likeness (QED) is 0.150. The number of hydrogen-bond donors (Lipinski definition) is 0. The SMILES string of the molecule is [B]c1c([B])c([B])c2c(-c3cc4ccc5ccccc5c4c4ccccc34)c3c([B])c([B])c([B])c([B])c3c(-c3cccc(-c4cccc5ccccc45)c3)c2c1[B]. The van der Waals surface area contributed by atoms with Gasteiger partial charge in [-0.2, -0.15) is 0 Å². The zero-order valence-corrected chi connectivity index (χ0v) is 30.3. The van der Waals surface area contributed by atoms with Crippen LogP contribution in [0.3, 0.4) is 0 Å². The maximum atomic E-state index is 7.15. The molecule has 0 N–H and O–H groups in total. The third-order valence-corrected chi connectivity index (χ3v) is 11.6. The van der Waals surface area contributed by atoms with Crippen molar-refractivity contribution in [2.24, 2.45) is 0 Å². The summed E-state index contributed by atoms with van der Waals surface area (Å²) in [5, 5.41) is 11.1. The first-order valence-electron chi connectivity index (χ1n) is 18.3. The first kappa shape index (κ1) is 34.7. The summed E-state index contributed by atoms with van der Waals surface area (Å²) < 4.78 is 0. The van der Waals surface area contributed by atoms with Gasteiger partial charge in [-0.15, -0.1) is 21.9 Å². The summed E-state index contributed by atoms with van der Waals surface area (Å²) >= 11 is 0. The molecule has 0 spiro atoms. The molecule has 0 bridgehead atoms. The molecule has 0 atom stereocenters. The van der Waals surface area contributed by atoms with E-state index in [0.717, 1.165) is 65.3 Å². The Bertz CT molecular complexity index is 3260. The van der Waals surface area contributed by atoms with Crippen molar-refractivity contribution in [2.45, 2.75) is 0 Å². The van der Waals surface area contributed by atoms with E-state index in [2.05, 4.69) is 97.1 Å². The van der Waals surface area contributed by atoms with Crippen LogP contribution in [0.25, 0.3) is 98.0 Å². The van der Waals surface area contributed by atoms with Crippen molar-refractivity contribution in [1.82, 2.24) is 0 Å². The Hall–Kier alpha value is -5.72. The second-order valence-corrected chi connectivity index (χ2v) is 14.5. The predicted octanol–water partition coefficient (Wildman–Crippen LogP) is 3.96. The maximum Gasteiger partial charge on any atom is 0.113 e. The summed E-state index contributed by atoms with van der Waals surface area (Å²) in [5.41, 5.74) is 6.84. The fourth-order valence-electron chi connectivity index (χ4n) is 8.91. The van der Waals surface area contributed by atoms with Gasteiger partial charge in [0.15, 0.2) is 0 Å². The van der Waals surface area contributed by atoms with Crippen molar-refractivity contribution in [3.05, 3.63) is 133 Å². The van der Waals surface area contributed by atoms with Crippen LogP contribution in [0.15, 0.2) is 133 Å². The minimum absolute atomic E-state index is 0.177. The Labute approximate surface area is 336 Å². The highest BCUT2D eigenvalue weighted by Crippen LogP contribution is 2.46. The van der Waals surface area contributed by atoms with Crippen molar-refractivity contribution in [3.8, 4) is 33.4 Å². The van der Waals surface area contributed by atoms with Gasteiger partial charge in [0.1, 0.15) is 62.8 Å². The summed E-state index contributed by atoms with van der Waals surface area (Å²) in [6, 6.07) is 46.0. The molecule has 0 aromatic heterocycles. The highest BCUT2D eigenvalue weighted by molar-refractivity contribution is 6.71. The van der Waals surface area contributed by atoms with E-state index in [1.54, 1.807) is 0 Å². The van der Waals surface area contributed by atoms with E-state index in [4.69, 9.17) is 62.8 Å². The van der Waals surface area contributed by atoms with Crippen molar-refractivity contribution < 1.29 is 0 Å². The lowest BCUT2D eigenvalue weighted by molar-refractivity contribution is 1.64. The number of benzene rings is 10. The zero-order chi connectivity index (χ0) is 38.6. The lowest BCUT2D eigenvalue weighted by Gasteiger charge is -2.29. The van der Waals surface area contributed by atoms with E-state index < -0.39 is 0 Å². The van der Waals surface area contributed by atoms with Crippen LogP contribution in [0.5, 0.6) is 0 Å². The van der Waals surface area contributed by atoms with Gasteiger partial charge in [0.25, 0.3) is 0 Å². The normalized spacial score (nSPS) is 11.8. The molecule has 0 aliphatic heterocycles. The summed E-state index contributed by atoms with van der Waals surface area (Å²) in [5.74, 6) is 0. The van der Waals surface area contributed by atoms with Crippen LogP contribution in [-0.4, -0.2) is 62.8 Å². The zero-order valence-electron chi connectivity index (χ0n) is 30.3. The van der Waals surface area contributed by atoms with Crippen molar-refractivity contribution >= 4 is 171 Å². The Morgan fingerprint density at radius 3 is 1.32 bits per heavy atom. The minimum Gasteiger partial charge on any atom is -0.110 e. The number of fused-ring (bicyclic) bond motifs is 8. The molecule has 8 heteroatoms. The first-order valence-corrected chi connectivity index (χ1v) is 18.3. The summed E-state index contributed by atoms with van der Waals surface area (Å²) in [7, 11) is 55.5. The van der Waals surface area contributed by atoms with Crippen LogP contribution in [0.1, 0.15) is 0 Å². The molecule has 0 aliphatic carbocycles. The van der Waals surface area contributed by atoms with Gasteiger partial charge in [0.05, 0.1) is 0 Å². The molecule has 0 saturated heterocycles. The fraction of sp³-hybridized carbons (Fsp3) is 0. The van der Waals surface area contributed by atoms with Gasteiger partial charge in [0.2, 0.25) is 0 Å². The minimum atomic E-state index is 0.177. The van der Waals surface area contributed by atoms with Crippen LogP contribution in [-0.2, 0) is 0 Å². The Balaban J connectivity index is 1.43. The Morgan fingerprint density at radius 1 is 0.250 bits per heavy atom. The third-order valence-electron chi connectivity index (χ3n) is 11.6. The van der Waals surface area contributed by atoms with E-state index in [1.807, 2.05) is 36.4 Å². The van der Waals surface area contributed by atoms with Crippen LogP contribution in [0, 0.1) is 0 Å². The molecule has 10 aromatic rings.